The summed E-state index contributed by atoms with van der Waals surface area (Å²) in [6.07, 6.45) is 7.84. The molecule has 0 N–H and O–H groups in total. The summed E-state index contributed by atoms with van der Waals surface area (Å²) in [6, 6.07) is 2.19. The van der Waals surface area contributed by atoms with E-state index in [0.717, 1.165) is 32.1 Å². The summed E-state index contributed by atoms with van der Waals surface area (Å²) >= 11 is 1.83. The topological polar surface area (TPSA) is 17.1 Å². The van der Waals surface area contributed by atoms with Gasteiger partial charge in [-0.15, -0.1) is 11.3 Å². The highest BCUT2D eigenvalue weighted by Crippen LogP contribution is 2.38. The molecule has 1 aromatic rings. The van der Waals surface area contributed by atoms with Crippen molar-refractivity contribution in [3.8, 4) is 0 Å². The minimum atomic E-state index is 0.211. The van der Waals surface area contributed by atoms with Crippen molar-refractivity contribution in [2.24, 2.45) is 5.92 Å². The SMILES string of the molecule is CCCC(CCC)C(=O)C1CCCc2sccc21. The Balaban J connectivity index is 2.14. The van der Waals surface area contributed by atoms with Crippen molar-refractivity contribution in [3.63, 3.8) is 0 Å². The maximum Gasteiger partial charge on any atom is 0.143 e. The summed E-state index contributed by atoms with van der Waals surface area (Å²) in [5.74, 6) is 1.04. The highest BCUT2D eigenvalue weighted by Gasteiger charge is 2.31. The van der Waals surface area contributed by atoms with Crippen LogP contribution in [-0.4, -0.2) is 5.78 Å². The first-order valence-electron chi connectivity index (χ1n) is 7.37. The third kappa shape index (κ3) is 2.85. The summed E-state index contributed by atoms with van der Waals surface area (Å²) in [6.45, 7) is 4.37. The Morgan fingerprint density at radius 1 is 1.39 bits per heavy atom. The van der Waals surface area contributed by atoms with Crippen molar-refractivity contribution in [3.05, 3.63) is 21.9 Å². The quantitative estimate of drug-likeness (QED) is 0.710. The van der Waals surface area contributed by atoms with Crippen LogP contribution < -0.4 is 0 Å². The van der Waals surface area contributed by atoms with Crippen molar-refractivity contribution >= 4 is 17.1 Å². The fourth-order valence-corrected chi connectivity index (χ4v) is 4.18. The molecule has 0 amide bonds. The number of carbonyl (C=O) groups excluding carboxylic acids is 1. The van der Waals surface area contributed by atoms with Gasteiger partial charge in [0.05, 0.1) is 0 Å². The molecule has 0 radical (unpaired) electrons. The van der Waals surface area contributed by atoms with Gasteiger partial charge in [-0.3, -0.25) is 4.79 Å². The van der Waals surface area contributed by atoms with Gasteiger partial charge in [0.1, 0.15) is 5.78 Å². The van der Waals surface area contributed by atoms with Gasteiger partial charge < -0.3 is 0 Å². The zero-order chi connectivity index (χ0) is 13.0. The van der Waals surface area contributed by atoms with Crippen LogP contribution >= 0.6 is 11.3 Å². The third-order valence-corrected chi connectivity index (χ3v) is 5.07. The molecule has 0 aromatic carbocycles. The molecule has 1 aliphatic carbocycles. The Kier molecular flexibility index (Phi) is 4.99. The first-order valence-corrected chi connectivity index (χ1v) is 8.25. The van der Waals surface area contributed by atoms with Gasteiger partial charge >= 0.3 is 0 Å². The normalized spacial score (nSPS) is 18.9. The van der Waals surface area contributed by atoms with Crippen molar-refractivity contribution in [2.45, 2.75) is 64.7 Å². The molecule has 0 saturated heterocycles. The number of rotatable bonds is 6. The Morgan fingerprint density at radius 3 is 2.78 bits per heavy atom. The first-order chi connectivity index (χ1) is 8.77. The van der Waals surface area contributed by atoms with E-state index in [1.165, 1.54) is 23.3 Å². The second kappa shape index (κ2) is 6.51. The van der Waals surface area contributed by atoms with Crippen LogP contribution in [0.1, 0.15) is 68.7 Å². The van der Waals surface area contributed by atoms with Gasteiger partial charge in [-0.2, -0.15) is 0 Å². The Morgan fingerprint density at radius 2 is 2.11 bits per heavy atom. The fourth-order valence-electron chi connectivity index (χ4n) is 3.19. The molecular formula is C16H24OS. The molecule has 0 spiro atoms. The lowest BCUT2D eigenvalue weighted by molar-refractivity contribution is -0.125. The van der Waals surface area contributed by atoms with Crippen LogP contribution in [0, 0.1) is 5.92 Å². The summed E-state index contributed by atoms with van der Waals surface area (Å²) in [5.41, 5.74) is 1.36. The monoisotopic (exact) mass is 264 g/mol. The number of fused-ring (bicyclic) bond motifs is 1. The number of thiophene rings is 1. The summed E-state index contributed by atoms with van der Waals surface area (Å²) in [5, 5.41) is 2.16. The predicted octanol–water partition coefficient (Wildman–Crippen LogP) is 4.95. The number of hydrogen-bond acceptors (Lipinski definition) is 2. The minimum Gasteiger partial charge on any atom is -0.299 e. The fraction of sp³-hybridized carbons (Fsp3) is 0.688. The lowest BCUT2D eigenvalue weighted by Crippen LogP contribution is -2.24. The van der Waals surface area contributed by atoms with E-state index in [-0.39, 0.29) is 5.92 Å². The van der Waals surface area contributed by atoms with Crippen LogP contribution in [0.15, 0.2) is 11.4 Å². The van der Waals surface area contributed by atoms with E-state index in [0.29, 0.717) is 11.7 Å². The lowest BCUT2D eigenvalue weighted by atomic mass is 9.78. The molecule has 2 rings (SSSR count). The number of Topliss-reactive ketones (excluding diaryl/α,β-unsaturated/α-hetero) is 1. The van der Waals surface area contributed by atoms with Gasteiger partial charge in [-0.05, 0) is 49.1 Å². The number of aryl methyl sites for hydroxylation is 1. The number of hydrogen-bond donors (Lipinski definition) is 0. The molecular weight excluding hydrogens is 240 g/mol. The van der Waals surface area contributed by atoms with Crippen LogP contribution in [0.4, 0.5) is 0 Å². The van der Waals surface area contributed by atoms with Gasteiger partial charge in [-0.25, -0.2) is 0 Å². The molecule has 0 aliphatic heterocycles. The van der Waals surface area contributed by atoms with Crippen LogP contribution in [0.25, 0.3) is 0 Å². The molecule has 1 aromatic heterocycles. The number of carbonyl (C=O) groups is 1. The van der Waals surface area contributed by atoms with E-state index in [4.69, 9.17) is 0 Å². The average molecular weight is 264 g/mol. The molecule has 2 heteroatoms. The summed E-state index contributed by atoms with van der Waals surface area (Å²) < 4.78 is 0. The van der Waals surface area contributed by atoms with Crippen molar-refractivity contribution in [1.29, 1.82) is 0 Å². The lowest BCUT2D eigenvalue weighted by Gasteiger charge is -2.25. The molecule has 0 fully saturated rings. The molecule has 1 heterocycles. The van der Waals surface area contributed by atoms with Crippen LogP contribution in [0.2, 0.25) is 0 Å². The Hall–Kier alpha value is -0.630. The van der Waals surface area contributed by atoms with Gasteiger partial charge in [-0.1, -0.05) is 26.7 Å². The zero-order valence-corrected chi connectivity index (χ0v) is 12.4. The van der Waals surface area contributed by atoms with Gasteiger partial charge in [0.15, 0.2) is 0 Å². The van der Waals surface area contributed by atoms with E-state index in [1.54, 1.807) is 0 Å². The van der Waals surface area contributed by atoms with Gasteiger partial charge in [0, 0.05) is 16.7 Å². The third-order valence-electron chi connectivity index (χ3n) is 4.07. The van der Waals surface area contributed by atoms with Crippen molar-refractivity contribution in [1.82, 2.24) is 0 Å². The molecule has 1 nitrogen and oxygen atoms in total. The minimum absolute atomic E-state index is 0.211. The standard InChI is InChI=1S/C16H24OS/c1-3-6-12(7-4-2)16(17)14-8-5-9-15-13(14)10-11-18-15/h10-12,14H,3-9H2,1-2H3. The first kappa shape index (κ1) is 13.8. The predicted molar refractivity (Wildman–Crippen MR) is 78.3 cm³/mol. The maximum atomic E-state index is 12.7. The smallest absolute Gasteiger partial charge is 0.143 e. The molecule has 1 unspecified atom stereocenters. The Bertz CT molecular complexity index is 388. The molecule has 0 bridgehead atoms. The van der Waals surface area contributed by atoms with Gasteiger partial charge in [0.2, 0.25) is 0 Å². The molecule has 1 atom stereocenters. The van der Waals surface area contributed by atoms with E-state index >= 15 is 0 Å². The van der Waals surface area contributed by atoms with E-state index in [2.05, 4.69) is 25.3 Å². The second-order valence-electron chi connectivity index (χ2n) is 5.42. The summed E-state index contributed by atoms with van der Waals surface area (Å²) in [7, 11) is 0. The van der Waals surface area contributed by atoms with Crippen LogP contribution in [0.3, 0.4) is 0 Å². The number of ketones is 1. The summed E-state index contributed by atoms with van der Waals surface area (Å²) in [4.78, 5) is 14.2. The van der Waals surface area contributed by atoms with E-state index in [1.807, 2.05) is 11.3 Å². The molecule has 18 heavy (non-hydrogen) atoms. The second-order valence-corrected chi connectivity index (χ2v) is 6.42. The zero-order valence-electron chi connectivity index (χ0n) is 11.6. The van der Waals surface area contributed by atoms with Crippen molar-refractivity contribution < 1.29 is 4.79 Å². The average Bonchev–Trinajstić information content (AvgIpc) is 2.85. The van der Waals surface area contributed by atoms with E-state index < -0.39 is 0 Å². The Labute approximate surface area is 115 Å². The largest absolute Gasteiger partial charge is 0.299 e. The molecule has 1 aliphatic rings. The van der Waals surface area contributed by atoms with Crippen molar-refractivity contribution in [2.75, 3.05) is 0 Å². The van der Waals surface area contributed by atoms with Crippen LogP contribution in [-0.2, 0) is 11.2 Å². The molecule has 100 valence electrons. The van der Waals surface area contributed by atoms with Crippen LogP contribution in [0.5, 0.6) is 0 Å². The highest BCUT2D eigenvalue weighted by atomic mass is 32.1. The maximum absolute atomic E-state index is 12.7. The van der Waals surface area contributed by atoms with Gasteiger partial charge in [0.25, 0.3) is 0 Å². The molecule has 0 saturated carbocycles. The highest BCUT2D eigenvalue weighted by molar-refractivity contribution is 7.10. The van der Waals surface area contributed by atoms with E-state index in [9.17, 15) is 4.79 Å².